The average molecular weight is 393 g/mol. The summed E-state index contributed by atoms with van der Waals surface area (Å²) in [4.78, 5) is 30.0. The number of piperidine rings is 1. The Morgan fingerprint density at radius 3 is 2.69 bits per heavy atom. The molecule has 1 amide bonds. The van der Waals surface area contributed by atoms with E-state index in [-0.39, 0.29) is 18.2 Å². The molecule has 0 bridgehead atoms. The number of fused-ring (bicyclic) bond motifs is 1. The van der Waals surface area contributed by atoms with Crippen molar-refractivity contribution in [3.8, 4) is 0 Å². The number of aliphatic carboxylic acids is 1. The number of carboxylic acids is 1. The Balaban J connectivity index is 1.33. The van der Waals surface area contributed by atoms with Crippen molar-refractivity contribution in [1.82, 2.24) is 4.98 Å². The van der Waals surface area contributed by atoms with E-state index < -0.39 is 5.97 Å². The van der Waals surface area contributed by atoms with Gasteiger partial charge in [-0.2, -0.15) is 4.98 Å². The van der Waals surface area contributed by atoms with Gasteiger partial charge in [-0.3, -0.25) is 9.59 Å². The highest BCUT2D eigenvalue weighted by Gasteiger charge is 2.27. The summed E-state index contributed by atoms with van der Waals surface area (Å²) >= 11 is 0. The summed E-state index contributed by atoms with van der Waals surface area (Å²) in [5.41, 5.74) is 3.21. The third kappa shape index (κ3) is 4.56. The summed E-state index contributed by atoms with van der Waals surface area (Å²) in [6, 6.07) is 15.7. The zero-order valence-electron chi connectivity index (χ0n) is 16.0. The topological polar surface area (TPSA) is 95.7 Å². The van der Waals surface area contributed by atoms with E-state index >= 15 is 0 Å². The molecular formula is C22H23N3O4. The van der Waals surface area contributed by atoms with Crippen molar-refractivity contribution in [2.75, 3.05) is 23.3 Å². The molecule has 1 aromatic heterocycles. The Morgan fingerprint density at radius 2 is 1.93 bits per heavy atom. The molecule has 0 aliphatic carbocycles. The number of carbonyl (C=O) groups excluding carboxylic acids is 1. The van der Waals surface area contributed by atoms with Crippen LogP contribution in [0.4, 0.5) is 11.7 Å². The van der Waals surface area contributed by atoms with Crippen LogP contribution in [0.25, 0.3) is 11.1 Å². The van der Waals surface area contributed by atoms with E-state index in [4.69, 9.17) is 9.52 Å². The molecule has 1 aliphatic heterocycles. The molecular weight excluding hydrogens is 370 g/mol. The van der Waals surface area contributed by atoms with Gasteiger partial charge >= 0.3 is 5.97 Å². The van der Waals surface area contributed by atoms with Crippen LogP contribution in [-0.2, 0) is 16.0 Å². The maximum atomic E-state index is 12.7. The van der Waals surface area contributed by atoms with Crippen LogP contribution >= 0.6 is 0 Å². The maximum Gasteiger partial charge on any atom is 0.303 e. The summed E-state index contributed by atoms with van der Waals surface area (Å²) in [6.07, 6.45) is 1.97. The Hall–Kier alpha value is -3.35. The second kappa shape index (κ2) is 8.34. The monoisotopic (exact) mass is 393 g/mol. The summed E-state index contributed by atoms with van der Waals surface area (Å²) in [7, 11) is 0. The van der Waals surface area contributed by atoms with Gasteiger partial charge in [-0.15, -0.1) is 0 Å². The number of carboxylic acid groups (broad SMARTS) is 1. The molecule has 3 aromatic rings. The Kier molecular flexibility index (Phi) is 5.46. The van der Waals surface area contributed by atoms with Crippen molar-refractivity contribution < 1.29 is 19.1 Å². The lowest BCUT2D eigenvalue weighted by Crippen LogP contribution is -2.38. The Morgan fingerprint density at radius 1 is 1.14 bits per heavy atom. The number of nitrogens with zero attached hydrogens (tertiary/aromatic N) is 2. The van der Waals surface area contributed by atoms with Crippen molar-refractivity contribution >= 4 is 34.7 Å². The van der Waals surface area contributed by atoms with E-state index in [1.807, 2.05) is 48.5 Å². The highest BCUT2D eigenvalue weighted by Crippen LogP contribution is 2.27. The van der Waals surface area contributed by atoms with Gasteiger partial charge < -0.3 is 19.7 Å². The number of benzene rings is 2. The van der Waals surface area contributed by atoms with E-state index in [1.165, 1.54) is 0 Å². The molecule has 0 atom stereocenters. The lowest BCUT2D eigenvalue weighted by Gasteiger charge is -2.30. The van der Waals surface area contributed by atoms with Crippen LogP contribution in [-0.4, -0.2) is 35.1 Å². The number of aromatic nitrogens is 1. The van der Waals surface area contributed by atoms with E-state index in [1.54, 1.807) is 0 Å². The minimum Gasteiger partial charge on any atom is -0.481 e. The van der Waals surface area contributed by atoms with Crippen LogP contribution in [0.15, 0.2) is 52.9 Å². The zero-order chi connectivity index (χ0) is 20.2. The van der Waals surface area contributed by atoms with E-state index in [9.17, 15) is 9.59 Å². The number of para-hydroxylation sites is 2. The number of hydrogen-bond acceptors (Lipinski definition) is 5. The van der Waals surface area contributed by atoms with Crippen molar-refractivity contribution in [1.29, 1.82) is 0 Å². The number of rotatable bonds is 6. The van der Waals surface area contributed by atoms with Crippen LogP contribution < -0.4 is 10.2 Å². The van der Waals surface area contributed by atoms with Crippen LogP contribution in [0.2, 0.25) is 0 Å². The molecule has 7 heteroatoms. The second-order valence-electron chi connectivity index (χ2n) is 7.31. The van der Waals surface area contributed by atoms with Crippen LogP contribution in [0.3, 0.4) is 0 Å². The van der Waals surface area contributed by atoms with Crippen molar-refractivity contribution in [2.24, 2.45) is 5.92 Å². The maximum absolute atomic E-state index is 12.7. The number of aryl methyl sites for hydroxylation is 1. The van der Waals surface area contributed by atoms with Crippen molar-refractivity contribution in [3.63, 3.8) is 0 Å². The summed E-state index contributed by atoms with van der Waals surface area (Å²) in [5, 5.41) is 11.8. The molecule has 29 heavy (non-hydrogen) atoms. The van der Waals surface area contributed by atoms with Crippen molar-refractivity contribution in [3.05, 3.63) is 54.1 Å². The SMILES string of the molecule is O=C(O)CCc1cccc(NC(=O)C2CCN(c3nc4ccccc4o3)CC2)c1. The molecule has 0 saturated carbocycles. The van der Waals surface area contributed by atoms with Crippen molar-refractivity contribution in [2.45, 2.75) is 25.7 Å². The van der Waals surface area contributed by atoms with Gasteiger partial charge in [0, 0.05) is 31.1 Å². The molecule has 7 nitrogen and oxygen atoms in total. The average Bonchev–Trinajstić information content (AvgIpc) is 3.17. The predicted octanol–water partition coefficient (Wildman–Crippen LogP) is 3.70. The van der Waals surface area contributed by atoms with Gasteiger partial charge in [0.05, 0.1) is 0 Å². The molecule has 1 fully saturated rings. The summed E-state index contributed by atoms with van der Waals surface area (Å²) in [5.74, 6) is -0.902. The molecule has 0 unspecified atom stereocenters. The number of carbonyl (C=O) groups is 2. The molecule has 2 aromatic carbocycles. The van der Waals surface area contributed by atoms with E-state index in [0.29, 0.717) is 31.2 Å². The van der Waals surface area contributed by atoms with E-state index in [2.05, 4.69) is 15.2 Å². The molecule has 2 heterocycles. The molecule has 0 radical (unpaired) electrons. The van der Waals surface area contributed by atoms with Gasteiger partial charge in [-0.05, 0) is 49.1 Å². The molecule has 1 saturated heterocycles. The van der Waals surface area contributed by atoms with Gasteiger partial charge in [0.2, 0.25) is 5.91 Å². The van der Waals surface area contributed by atoms with Gasteiger partial charge in [-0.25, -0.2) is 0 Å². The minimum atomic E-state index is -0.829. The fraction of sp³-hybridized carbons (Fsp3) is 0.318. The third-order valence-corrected chi connectivity index (χ3v) is 5.24. The third-order valence-electron chi connectivity index (χ3n) is 5.24. The smallest absolute Gasteiger partial charge is 0.303 e. The fourth-order valence-corrected chi connectivity index (χ4v) is 3.63. The number of oxazole rings is 1. The number of nitrogens with one attached hydrogen (secondary N) is 1. The number of amides is 1. The quantitative estimate of drug-likeness (QED) is 0.663. The Labute approximate surface area is 168 Å². The summed E-state index contributed by atoms with van der Waals surface area (Å²) < 4.78 is 5.82. The molecule has 150 valence electrons. The fourth-order valence-electron chi connectivity index (χ4n) is 3.63. The molecule has 4 rings (SSSR count). The summed E-state index contributed by atoms with van der Waals surface area (Å²) in [6.45, 7) is 1.42. The highest BCUT2D eigenvalue weighted by molar-refractivity contribution is 5.92. The van der Waals surface area contributed by atoms with Crippen LogP contribution in [0, 0.1) is 5.92 Å². The normalized spacial score (nSPS) is 14.8. The zero-order valence-corrected chi connectivity index (χ0v) is 16.0. The predicted molar refractivity (Wildman–Crippen MR) is 110 cm³/mol. The number of hydrogen-bond donors (Lipinski definition) is 2. The van der Waals surface area contributed by atoms with Gasteiger partial charge in [-0.1, -0.05) is 24.3 Å². The van der Waals surface area contributed by atoms with Gasteiger partial charge in [0.1, 0.15) is 5.52 Å². The lowest BCUT2D eigenvalue weighted by molar-refractivity contribution is -0.137. The van der Waals surface area contributed by atoms with Gasteiger partial charge in [0.25, 0.3) is 6.01 Å². The van der Waals surface area contributed by atoms with Crippen LogP contribution in [0.1, 0.15) is 24.8 Å². The standard InChI is InChI=1S/C22H23N3O4/c26-20(27)9-8-15-4-3-5-17(14-15)23-21(28)16-10-12-25(13-11-16)22-24-18-6-1-2-7-19(18)29-22/h1-7,14,16H,8-13H2,(H,23,28)(H,26,27). The first-order valence-corrected chi connectivity index (χ1v) is 9.80. The first-order chi connectivity index (χ1) is 14.1. The number of anilines is 2. The first kappa shape index (κ1) is 19.0. The molecule has 1 aliphatic rings. The minimum absolute atomic E-state index is 0.00222. The van der Waals surface area contributed by atoms with E-state index in [0.717, 1.165) is 29.5 Å². The second-order valence-corrected chi connectivity index (χ2v) is 7.31. The highest BCUT2D eigenvalue weighted by atomic mass is 16.4. The lowest BCUT2D eigenvalue weighted by atomic mass is 9.96. The largest absolute Gasteiger partial charge is 0.481 e. The Bertz CT molecular complexity index is 989. The van der Waals surface area contributed by atoms with Crippen LogP contribution in [0.5, 0.6) is 0 Å². The van der Waals surface area contributed by atoms with Gasteiger partial charge in [0.15, 0.2) is 5.58 Å². The molecule has 0 spiro atoms. The first-order valence-electron chi connectivity index (χ1n) is 9.80. The molecule has 2 N–H and O–H groups in total.